The molecule has 1 aliphatic heterocycles. The van der Waals surface area contributed by atoms with Crippen LogP contribution in [0.4, 0.5) is 11.6 Å². The van der Waals surface area contributed by atoms with Crippen LogP contribution in [0.1, 0.15) is 50.3 Å². The smallest absolute Gasteiger partial charge is 0.134 e. The zero-order valence-electron chi connectivity index (χ0n) is 14.5. The highest BCUT2D eigenvalue weighted by Gasteiger charge is 2.25. The van der Waals surface area contributed by atoms with Crippen molar-refractivity contribution in [2.45, 2.75) is 57.2 Å². The molecule has 2 aromatic heterocycles. The molecule has 1 atom stereocenters. The van der Waals surface area contributed by atoms with Gasteiger partial charge < -0.3 is 15.3 Å². The summed E-state index contributed by atoms with van der Waals surface area (Å²) in [6.07, 6.45) is 10.9. The quantitative estimate of drug-likeness (QED) is 0.839. The summed E-state index contributed by atoms with van der Waals surface area (Å²) in [7, 11) is 0. The normalized spacial score (nSPS) is 21.2. The van der Waals surface area contributed by atoms with Crippen molar-refractivity contribution in [3.63, 3.8) is 0 Å². The van der Waals surface area contributed by atoms with E-state index in [0.717, 1.165) is 36.7 Å². The van der Waals surface area contributed by atoms with Crippen LogP contribution in [0.5, 0.6) is 0 Å². The summed E-state index contributed by atoms with van der Waals surface area (Å²) in [5.41, 5.74) is 1.03. The lowest BCUT2D eigenvalue weighted by atomic mass is 10.2. The van der Waals surface area contributed by atoms with E-state index in [-0.39, 0.29) is 12.6 Å². The third-order valence-electron chi connectivity index (χ3n) is 5.35. The van der Waals surface area contributed by atoms with Crippen molar-refractivity contribution in [1.82, 2.24) is 19.7 Å². The van der Waals surface area contributed by atoms with Gasteiger partial charge >= 0.3 is 0 Å². The topological polar surface area (TPSA) is 79.1 Å². The lowest BCUT2D eigenvalue weighted by Gasteiger charge is -2.24. The minimum Gasteiger partial charge on any atom is -0.394 e. The van der Waals surface area contributed by atoms with Gasteiger partial charge in [0.25, 0.3) is 0 Å². The van der Waals surface area contributed by atoms with Gasteiger partial charge in [0.15, 0.2) is 0 Å². The van der Waals surface area contributed by atoms with Crippen LogP contribution >= 0.6 is 0 Å². The van der Waals surface area contributed by atoms with E-state index < -0.39 is 0 Å². The van der Waals surface area contributed by atoms with Gasteiger partial charge in [-0.25, -0.2) is 9.97 Å². The third kappa shape index (κ3) is 3.61. The molecular formula is C18H26N6O. The minimum absolute atomic E-state index is 0.171. The highest BCUT2D eigenvalue weighted by molar-refractivity contribution is 5.49. The number of aromatic nitrogens is 4. The number of rotatable bonds is 6. The summed E-state index contributed by atoms with van der Waals surface area (Å²) in [6.45, 7) is 1.76. The molecule has 25 heavy (non-hydrogen) atoms. The molecule has 0 bridgehead atoms. The molecule has 0 radical (unpaired) electrons. The first kappa shape index (κ1) is 16.3. The second kappa shape index (κ2) is 7.39. The first-order valence-corrected chi connectivity index (χ1v) is 9.31. The van der Waals surface area contributed by atoms with E-state index in [9.17, 15) is 5.11 Å². The zero-order chi connectivity index (χ0) is 17.1. The fourth-order valence-electron chi connectivity index (χ4n) is 3.95. The van der Waals surface area contributed by atoms with E-state index >= 15 is 0 Å². The van der Waals surface area contributed by atoms with Crippen LogP contribution in [0.3, 0.4) is 0 Å². The summed E-state index contributed by atoms with van der Waals surface area (Å²) >= 11 is 0. The van der Waals surface area contributed by atoms with Crippen molar-refractivity contribution in [3.8, 4) is 0 Å². The molecular weight excluding hydrogens is 316 g/mol. The molecule has 0 amide bonds. The minimum atomic E-state index is 0.171. The zero-order valence-corrected chi connectivity index (χ0v) is 14.5. The van der Waals surface area contributed by atoms with Crippen LogP contribution in [0.25, 0.3) is 0 Å². The van der Waals surface area contributed by atoms with Crippen LogP contribution in [0.15, 0.2) is 24.7 Å². The second-order valence-corrected chi connectivity index (χ2v) is 7.01. The maximum atomic E-state index is 9.50. The van der Waals surface area contributed by atoms with Crippen LogP contribution in [0, 0.1) is 0 Å². The van der Waals surface area contributed by atoms with Crippen LogP contribution < -0.4 is 10.2 Å². The highest BCUT2D eigenvalue weighted by Crippen LogP contribution is 2.29. The summed E-state index contributed by atoms with van der Waals surface area (Å²) in [4.78, 5) is 10.9. The number of aliphatic hydroxyl groups excluding tert-OH is 1. The van der Waals surface area contributed by atoms with Crippen molar-refractivity contribution in [3.05, 3.63) is 30.4 Å². The Morgan fingerprint density at radius 2 is 2.04 bits per heavy atom. The summed E-state index contributed by atoms with van der Waals surface area (Å²) in [5, 5.41) is 17.5. The van der Waals surface area contributed by atoms with E-state index in [2.05, 4.69) is 37.1 Å². The number of hydrogen-bond donors (Lipinski definition) is 2. The van der Waals surface area contributed by atoms with Gasteiger partial charge in [0.05, 0.1) is 30.9 Å². The lowest BCUT2D eigenvalue weighted by molar-refractivity contribution is 0.266. The predicted octanol–water partition coefficient (Wildman–Crippen LogP) is 2.36. The second-order valence-electron chi connectivity index (χ2n) is 7.01. The monoisotopic (exact) mass is 342 g/mol. The number of nitrogens with one attached hydrogen (secondary N) is 1. The predicted molar refractivity (Wildman–Crippen MR) is 96.5 cm³/mol. The van der Waals surface area contributed by atoms with Gasteiger partial charge in [-0.2, -0.15) is 5.10 Å². The Morgan fingerprint density at radius 3 is 2.88 bits per heavy atom. The summed E-state index contributed by atoms with van der Waals surface area (Å²) < 4.78 is 2.12. The highest BCUT2D eigenvalue weighted by atomic mass is 16.3. The molecule has 1 unspecified atom stereocenters. The van der Waals surface area contributed by atoms with Gasteiger partial charge in [-0.3, -0.25) is 4.68 Å². The Balaban J connectivity index is 1.39. The van der Waals surface area contributed by atoms with Crippen molar-refractivity contribution in [2.75, 3.05) is 23.4 Å². The molecule has 4 rings (SSSR count). The Hall–Kier alpha value is -2.15. The average Bonchev–Trinajstić information content (AvgIpc) is 3.41. The molecule has 1 saturated heterocycles. The molecule has 1 aliphatic carbocycles. The van der Waals surface area contributed by atoms with Crippen molar-refractivity contribution < 1.29 is 5.11 Å². The van der Waals surface area contributed by atoms with Gasteiger partial charge in [0, 0.05) is 18.8 Å². The van der Waals surface area contributed by atoms with Crippen molar-refractivity contribution in [2.24, 2.45) is 0 Å². The standard InChI is InChI=1S/C18H26N6O/c25-12-16-6-3-8-23(16)18-10-17(20-13-21-18)19-11-14-7-9-24(22-14)15-4-1-2-5-15/h7,9-10,13,15-16,25H,1-6,8,11-12H2,(H,19,20,21). The van der Waals surface area contributed by atoms with E-state index in [1.54, 1.807) is 6.33 Å². The largest absolute Gasteiger partial charge is 0.394 e. The Kier molecular flexibility index (Phi) is 4.83. The first-order chi connectivity index (χ1) is 12.3. The summed E-state index contributed by atoms with van der Waals surface area (Å²) in [6, 6.07) is 4.78. The van der Waals surface area contributed by atoms with E-state index in [1.165, 1.54) is 25.7 Å². The fraction of sp³-hybridized carbons (Fsp3) is 0.611. The van der Waals surface area contributed by atoms with Crippen LogP contribution in [-0.4, -0.2) is 44.0 Å². The van der Waals surface area contributed by atoms with Gasteiger partial charge in [-0.1, -0.05) is 12.8 Å². The Bertz CT molecular complexity index is 696. The van der Waals surface area contributed by atoms with Crippen molar-refractivity contribution >= 4 is 11.6 Å². The number of hydrogen-bond acceptors (Lipinski definition) is 6. The fourth-order valence-corrected chi connectivity index (χ4v) is 3.95. The van der Waals surface area contributed by atoms with Gasteiger partial charge in [-0.05, 0) is 31.7 Å². The first-order valence-electron chi connectivity index (χ1n) is 9.31. The molecule has 3 heterocycles. The van der Waals surface area contributed by atoms with E-state index in [4.69, 9.17) is 5.10 Å². The number of nitrogens with zero attached hydrogens (tertiary/aromatic N) is 5. The van der Waals surface area contributed by atoms with Crippen LogP contribution in [-0.2, 0) is 6.54 Å². The molecule has 7 heteroatoms. The Morgan fingerprint density at radius 1 is 1.16 bits per heavy atom. The molecule has 1 saturated carbocycles. The van der Waals surface area contributed by atoms with Gasteiger partial charge in [0.2, 0.25) is 0 Å². The molecule has 134 valence electrons. The molecule has 2 fully saturated rings. The molecule has 2 aromatic rings. The van der Waals surface area contributed by atoms with E-state index in [0.29, 0.717) is 12.6 Å². The molecule has 0 aromatic carbocycles. The lowest BCUT2D eigenvalue weighted by Crippen LogP contribution is -2.32. The van der Waals surface area contributed by atoms with Crippen molar-refractivity contribution in [1.29, 1.82) is 0 Å². The number of anilines is 2. The molecule has 2 aliphatic rings. The average molecular weight is 342 g/mol. The SMILES string of the molecule is OCC1CCCN1c1cc(NCc2ccn(C3CCCC3)n2)ncn1. The van der Waals surface area contributed by atoms with Gasteiger partial charge in [-0.15, -0.1) is 0 Å². The van der Waals surface area contributed by atoms with E-state index in [1.807, 2.05) is 6.07 Å². The molecule has 0 spiro atoms. The maximum Gasteiger partial charge on any atom is 0.134 e. The molecule has 7 nitrogen and oxygen atoms in total. The summed E-state index contributed by atoms with van der Waals surface area (Å²) in [5.74, 6) is 1.68. The molecule has 2 N–H and O–H groups in total. The van der Waals surface area contributed by atoms with Gasteiger partial charge in [0.1, 0.15) is 18.0 Å². The van der Waals surface area contributed by atoms with Crippen LogP contribution in [0.2, 0.25) is 0 Å². The third-order valence-corrected chi connectivity index (χ3v) is 5.35. The Labute approximate surface area is 148 Å². The maximum absolute atomic E-state index is 9.50. The number of aliphatic hydroxyl groups is 1.